The number of anilines is 1. The molecule has 1 aliphatic rings. The average Bonchev–Trinajstić information content (AvgIpc) is 3.04. The largest absolute Gasteiger partial charge is 0.479 e. The summed E-state index contributed by atoms with van der Waals surface area (Å²) >= 11 is 0.670. The molecule has 17 nitrogen and oxygen atoms in total. The number of nitrogens with two attached hydrogens (primary N) is 2. The van der Waals surface area contributed by atoms with E-state index >= 15 is 0 Å². The van der Waals surface area contributed by atoms with Gasteiger partial charge in [0.1, 0.15) is 18.7 Å². The molecule has 164 valence electrons. The van der Waals surface area contributed by atoms with Crippen LogP contribution in [-0.2, 0) is 34.3 Å². The number of nitrogens with one attached hydrogen (secondary N) is 1. The Morgan fingerprint density at radius 1 is 1.37 bits per heavy atom. The Labute approximate surface area is 170 Å². The molecule has 30 heavy (non-hydrogen) atoms. The molecule has 0 aromatic carbocycles. The summed E-state index contributed by atoms with van der Waals surface area (Å²) in [5.74, 6) is -4.23. The van der Waals surface area contributed by atoms with Crippen LogP contribution in [0, 0.1) is 0 Å². The highest BCUT2D eigenvalue weighted by Crippen LogP contribution is 2.24. The van der Waals surface area contributed by atoms with Gasteiger partial charge in [0.15, 0.2) is 5.13 Å². The number of aliphatic carboxylic acids is 1. The zero-order valence-electron chi connectivity index (χ0n) is 14.5. The number of hydrogen-bond acceptors (Lipinski definition) is 13. The predicted molar refractivity (Wildman–Crippen MR) is 94.1 cm³/mol. The quantitative estimate of drug-likeness (QED) is 0.102. The molecule has 3 amide bonds. The third kappa shape index (κ3) is 5.27. The molecule has 1 fully saturated rings. The third-order valence-corrected chi connectivity index (χ3v) is 4.80. The molecule has 1 aromatic rings. The summed E-state index contributed by atoms with van der Waals surface area (Å²) in [4.78, 5) is 54.1. The molecular weight excluding hydrogens is 454 g/mol. The van der Waals surface area contributed by atoms with Gasteiger partial charge < -0.3 is 31.5 Å². The fourth-order valence-corrected chi connectivity index (χ4v) is 3.47. The molecule has 2 heterocycles. The second-order valence-electron chi connectivity index (χ2n) is 5.32. The molecule has 0 spiro atoms. The molecule has 1 aromatic heterocycles. The van der Waals surface area contributed by atoms with Crippen molar-refractivity contribution in [2.45, 2.75) is 12.1 Å². The van der Waals surface area contributed by atoms with Crippen molar-refractivity contribution in [1.82, 2.24) is 19.0 Å². The van der Waals surface area contributed by atoms with Gasteiger partial charge in [-0.3, -0.25) is 14.1 Å². The molecule has 0 unspecified atom stereocenters. The van der Waals surface area contributed by atoms with E-state index in [1.54, 1.807) is 0 Å². The summed E-state index contributed by atoms with van der Waals surface area (Å²) in [5.41, 5.74) is 9.52. The lowest BCUT2D eigenvalue weighted by atomic mass is 9.99. The monoisotopic (exact) mass is 467 g/mol. The molecule has 0 bridgehead atoms. The fourth-order valence-electron chi connectivity index (χ4n) is 2.17. The van der Waals surface area contributed by atoms with Crippen molar-refractivity contribution in [3.8, 4) is 0 Å². The van der Waals surface area contributed by atoms with Gasteiger partial charge in [0.05, 0.1) is 0 Å². The smallest absolute Gasteiger partial charge is 0.404 e. The Morgan fingerprint density at radius 2 is 2.03 bits per heavy atom. The van der Waals surface area contributed by atoms with Crippen LogP contribution in [0.2, 0.25) is 0 Å². The van der Waals surface area contributed by atoms with E-state index in [-0.39, 0.29) is 15.3 Å². The van der Waals surface area contributed by atoms with E-state index in [4.69, 9.17) is 21.1 Å². The van der Waals surface area contributed by atoms with Gasteiger partial charge in [0.2, 0.25) is 18.1 Å². The molecule has 0 aliphatic carbocycles. The van der Waals surface area contributed by atoms with Crippen molar-refractivity contribution in [1.29, 1.82) is 0 Å². The zero-order valence-corrected chi connectivity index (χ0v) is 16.1. The lowest BCUT2D eigenvalue weighted by Crippen LogP contribution is -2.73. The summed E-state index contributed by atoms with van der Waals surface area (Å²) in [6.07, 6.45) is -1.30. The van der Waals surface area contributed by atoms with Crippen molar-refractivity contribution in [2.75, 3.05) is 18.9 Å². The van der Waals surface area contributed by atoms with E-state index in [0.29, 0.717) is 11.5 Å². The highest BCUT2D eigenvalue weighted by atomic mass is 32.2. The SMILES string of the molecule is NC(=O)OC[C@@H]1[C@H](NC(=O)C(=NOCC(=O)O)c2nsc(N)n2)C(=O)N1S(=O)(=O)O. The second kappa shape index (κ2) is 8.84. The number of β-lactam (4-membered cyclic amide) rings is 1. The Balaban J connectivity index is 2.24. The molecule has 1 saturated heterocycles. The summed E-state index contributed by atoms with van der Waals surface area (Å²) in [6, 6.07) is -3.13. The van der Waals surface area contributed by atoms with E-state index in [9.17, 15) is 27.6 Å². The minimum Gasteiger partial charge on any atom is -0.479 e. The number of oxime groups is 1. The average molecular weight is 467 g/mol. The lowest BCUT2D eigenvalue weighted by Gasteiger charge is -2.43. The second-order valence-corrected chi connectivity index (χ2v) is 7.40. The van der Waals surface area contributed by atoms with Gasteiger partial charge in [-0.15, -0.1) is 0 Å². The topological polar surface area (TPSA) is 267 Å². The number of carboxylic acid groups (broad SMARTS) is 1. The minimum atomic E-state index is -5.03. The Bertz CT molecular complexity index is 1010. The molecule has 19 heteroatoms. The van der Waals surface area contributed by atoms with Crippen molar-refractivity contribution in [2.24, 2.45) is 10.9 Å². The van der Waals surface area contributed by atoms with Gasteiger partial charge >= 0.3 is 22.4 Å². The first kappa shape index (κ1) is 22.7. The zero-order chi connectivity index (χ0) is 22.6. The maximum atomic E-state index is 12.5. The number of primary amides is 1. The molecule has 2 atom stereocenters. The number of rotatable bonds is 9. The maximum absolute atomic E-state index is 12.5. The first-order chi connectivity index (χ1) is 13.9. The fraction of sp³-hybridized carbons (Fsp3) is 0.364. The van der Waals surface area contributed by atoms with Crippen LogP contribution in [0.25, 0.3) is 0 Å². The highest BCUT2D eigenvalue weighted by molar-refractivity contribution is 7.84. The van der Waals surface area contributed by atoms with Crippen LogP contribution < -0.4 is 16.8 Å². The number of carbonyl (C=O) groups is 4. The van der Waals surface area contributed by atoms with Crippen LogP contribution in [0.4, 0.5) is 9.93 Å². The molecule has 0 saturated carbocycles. The van der Waals surface area contributed by atoms with Crippen LogP contribution in [0.3, 0.4) is 0 Å². The van der Waals surface area contributed by atoms with Gasteiger partial charge in [-0.25, -0.2) is 13.9 Å². The van der Waals surface area contributed by atoms with Crippen LogP contribution in [0.5, 0.6) is 0 Å². The van der Waals surface area contributed by atoms with Crippen molar-refractivity contribution in [3.05, 3.63) is 5.82 Å². The standard InChI is InChI=1S/C11H13N7O10S2/c12-10-15-7(17-29-10)6(16-28-2-4(19)20)8(21)14-5-3(1-27-11(13)23)18(9(5)22)30(24,25)26/h3,5H,1-2H2,(H2,13,23)(H,14,21)(H,19,20)(H2,12,15,17)(H,24,25,26)/t3-,5+/m1/s1. The lowest BCUT2D eigenvalue weighted by molar-refractivity contribution is -0.146. The molecule has 7 N–H and O–H groups in total. The van der Waals surface area contributed by atoms with Gasteiger partial charge in [-0.1, -0.05) is 5.16 Å². The van der Waals surface area contributed by atoms with Crippen LogP contribution in [0.15, 0.2) is 5.16 Å². The van der Waals surface area contributed by atoms with E-state index in [1.165, 1.54) is 0 Å². The predicted octanol–water partition coefficient (Wildman–Crippen LogP) is -3.48. The first-order valence-corrected chi connectivity index (χ1v) is 9.64. The van der Waals surface area contributed by atoms with Crippen LogP contribution in [-0.4, -0.2) is 86.6 Å². The third-order valence-electron chi connectivity index (χ3n) is 3.31. The van der Waals surface area contributed by atoms with Crippen LogP contribution >= 0.6 is 11.5 Å². The Kier molecular flexibility index (Phi) is 6.69. The van der Waals surface area contributed by atoms with Crippen molar-refractivity contribution < 1.29 is 46.8 Å². The minimum absolute atomic E-state index is 0.0300. The highest BCUT2D eigenvalue weighted by Gasteiger charge is 2.55. The van der Waals surface area contributed by atoms with E-state index in [1.807, 2.05) is 0 Å². The van der Waals surface area contributed by atoms with Gasteiger partial charge in [-0.05, 0) is 0 Å². The number of nitrogen functional groups attached to an aromatic ring is 1. The van der Waals surface area contributed by atoms with Gasteiger partial charge in [-0.2, -0.15) is 17.8 Å². The van der Waals surface area contributed by atoms with Crippen LogP contribution in [0.1, 0.15) is 5.82 Å². The normalized spacial score (nSPS) is 19.0. The Morgan fingerprint density at radius 3 is 2.53 bits per heavy atom. The first-order valence-electron chi connectivity index (χ1n) is 7.47. The number of aromatic nitrogens is 2. The Hall–Kier alpha value is -3.58. The molecule has 0 radical (unpaired) electrons. The van der Waals surface area contributed by atoms with Gasteiger partial charge in [0.25, 0.3) is 11.8 Å². The van der Waals surface area contributed by atoms with Crippen molar-refractivity contribution >= 4 is 56.6 Å². The number of ether oxygens (including phenoxy) is 1. The van der Waals surface area contributed by atoms with E-state index in [2.05, 4.69) is 29.4 Å². The summed E-state index contributed by atoms with van der Waals surface area (Å²) in [5, 5.41) is 13.9. The van der Waals surface area contributed by atoms with E-state index < -0.39 is 65.2 Å². The summed E-state index contributed by atoms with van der Waals surface area (Å²) in [7, 11) is -5.03. The summed E-state index contributed by atoms with van der Waals surface area (Å²) < 4.78 is 39.9. The molecule has 1 aliphatic heterocycles. The molecule has 2 rings (SSSR count). The summed E-state index contributed by atoms with van der Waals surface area (Å²) in [6.45, 7) is -1.71. The number of amides is 3. The molecular formula is C11H13N7O10S2. The maximum Gasteiger partial charge on any atom is 0.404 e. The van der Waals surface area contributed by atoms with E-state index in [0.717, 1.165) is 0 Å². The number of carbonyl (C=O) groups excluding carboxylic acids is 3. The number of nitrogens with zero attached hydrogens (tertiary/aromatic N) is 4. The number of carboxylic acids is 1. The number of hydrogen-bond donors (Lipinski definition) is 5. The van der Waals surface area contributed by atoms with Gasteiger partial charge in [0, 0.05) is 11.5 Å². The van der Waals surface area contributed by atoms with Crippen molar-refractivity contribution in [3.63, 3.8) is 0 Å².